The van der Waals surface area contributed by atoms with E-state index < -0.39 is 42.3 Å². The van der Waals surface area contributed by atoms with Crippen molar-refractivity contribution in [3.05, 3.63) is 12.3 Å². The van der Waals surface area contributed by atoms with Crippen molar-refractivity contribution >= 4 is 18.0 Å². The SMILES string of the molecule is CC(=O)OC[C@@H]1C[C@@H](OC(C)=O)[C@H](N2C=CC(N)(O)NC2=O)O1. The van der Waals surface area contributed by atoms with Crippen LogP contribution in [0.1, 0.15) is 20.3 Å². The molecule has 0 spiro atoms. The van der Waals surface area contributed by atoms with E-state index in [1.54, 1.807) is 0 Å². The fourth-order valence-corrected chi connectivity index (χ4v) is 2.34. The van der Waals surface area contributed by atoms with Gasteiger partial charge in [-0.3, -0.25) is 25.5 Å². The van der Waals surface area contributed by atoms with E-state index >= 15 is 0 Å². The summed E-state index contributed by atoms with van der Waals surface area (Å²) in [5.41, 5.74) is 5.38. The molecular weight excluding hydrogens is 310 g/mol. The molecule has 0 saturated carbocycles. The maximum atomic E-state index is 12.0. The second-order valence-corrected chi connectivity index (χ2v) is 5.31. The van der Waals surface area contributed by atoms with Crippen LogP contribution in [-0.4, -0.2) is 58.9 Å². The molecule has 0 radical (unpaired) electrons. The molecule has 128 valence electrons. The first-order chi connectivity index (χ1) is 10.7. The summed E-state index contributed by atoms with van der Waals surface area (Å²) in [6.07, 6.45) is 0.450. The molecule has 2 amide bonds. The molecular formula is C13H19N3O7. The van der Waals surface area contributed by atoms with Gasteiger partial charge in [-0.2, -0.15) is 0 Å². The van der Waals surface area contributed by atoms with E-state index in [1.165, 1.54) is 20.0 Å². The fourth-order valence-electron chi connectivity index (χ4n) is 2.34. The lowest BCUT2D eigenvalue weighted by atomic mass is 10.2. The van der Waals surface area contributed by atoms with Crippen LogP contribution in [-0.2, 0) is 23.8 Å². The molecule has 4 atom stereocenters. The second-order valence-electron chi connectivity index (χ2n) is 5.31. The van der Waals surface area contributed by atoms with Crippen LogP contribution in [0.25, 0.3) is 0 Å². The quantitative estimate of drug-likeness (QED) is 0.429. The number of urea groups is 1. The van der Waals surface area contributed by atoms with Crippen molar-refractivity contribution in [1.29, 1.82) is 0 Å². The molecule has 1 unspecified atom stereocenters. The number of esters is 2. The largest absolute Gasteiger partial charge is 0.463 e. The van der Waals surface area contributed by atoms with E-state index in [-0.39, 0.29) is 13.0 Å². The van der Waals surface area contributed by atoms with Gasteiger partial charge < -0.3 is 19.3 Å². The van der Waals surface area contributed by atoms with Crippen LogP contribution in [0.15, 0.2) is 12.3 Å². The van der Waals surface area contributed by atoms with Gasteiger partial charge in [-0.1, -0.05) is 0 Å². The summed E-state index contributed by atoms with van der Waals surface area (Å²) in [5.74, 6) is -2.96. The predicted octanol–water partition coefficient (Wildman–Crippen LogP) is -1.26. The average molecular weight is 329 g/mol. The summed E-state index contributed by atoms with van der Waals surface area (Å²) in [6, 6.07) is -0.715. The van der Waals surface area contributed by atoms with E-state index in [0.29, 0.717) is 0 Å². The van der Waals surface area contributed by atoms with Crippen molar-refractivity contribution in [3.63, 3.8) is 0 Å². The predicted molar refractivity (Wildman–Crippen MR) is 74.1 cm³/mol. The number of rotatable bonds is 4. The number of nitrogens with two attached hydrogens (primary N) is 1. The number of hydrogen-bond donors (Lipinski definition) is 3. The van der Waals surface area contributed by atoms with Gasteiger partial charge in [-0.05, 0) is 6.08 Å². The van der Waals surface area contributed by atoms with Gasteiger partial charge in [0.15, 0.2) is 6.23 Å². The summed E-state index contributed by atoms with van der Waals surface area (Å²) in [5, 5.41) is 11.7. The monoisotopic (exact) mass is 329 g/mol. The number of aliphatic hydroxyl groups is 1. The molecule has 1 saturated heterocycles. The molecule has 4 N–H and O–H groups in total. The summed E-state index contributed by atoms with van der Waals surface area (Å²) in [7, 11) is 0. The minimum Gasteiger partial charge on any atom is -0.463 e. The first kappa shape index (κ1) is 17.2. The van der Waals surface area contributed by atoms with Gasteiger partial charge in [0.25, 0.3) is 0 Å². The highest BCUT2D eigenvalue weighted by molar-refractivity contribution is 5.77. The second kappa shape index (κ2) is 6.52. The van der Waals surface area contributed by atoms with Crippen LogP contribution in [0.3, 0.4) is 0 Å². The van der Waals surface area contributed by atoms with E-state index in [1.807, 2.05) is 0 Å². The van der Waals surface area contributed by atoms with Gasteiger partial charge in [0, 0.05) is 26.5 Å². The lowest BCUT2D eigenvalue weighted by Crippen LogP contribution is -2.62. The van der Waals surface area contributed by atoms with Crippen LogP contribution < -0.4 is 11.1 Å². The zero-order chi connectivity index (χ0) is 17.2. The number of nitrogens with zero attached hydrogens (tertiary/aromatic N) is 1. The van der Waals surface area contributed by atoms with Crippen LogP contribution in [0.2, 0.25) is 0 Å². The Morgan fingerprint density at radius 3 is 2.78 bits per heavy atom. The third kappa shape index (κ3) is 4.41. The fraction of sp³-hybridized carbons (Fsp3) is 0.615. The Balaban J connectivity index is 2.11. The molecule has 2 aliphatic heterocycles. The van der Waals surface area contributed by atoms with E-state index in [0.717, 1.165) is 11.0 Å². The molecule has 0 bridgehead atoms. The lowest BCUT2D eigenvalue weighted by Gasteiger charge is -2.35. The molecule has 0 aromatic rings. The first-order valence-electron chi connectivity index (χ1n) is 6.95. The van der Waals surface area contributed by atoms with Crippen LogP contribution >= 0.6 is 0 Å². The number of hydrogen-bond acceptors (Lipinski definition) is 8. The maximum absolute atomic E-state index is 12.0. The Morgan fingerprint density at radius 2 is 2.22 bits per heavy atom. The first-order valence-corrected chi connectivity index (χ1v) is 6.95. The highest BCUT2D eigenvalue weighted by atomic mass is 16.6. The van der Waals surface area contributed by atoms with Gasteiger partial charge in [0.2, 0.25) is 5.85 Å². The lowest BCUT2D eigenvalue weighted by molar-refractivity contribution is -0.154. The third-order valence-corrected chi connectivity index (χ3v) is 3.24. The van der Waals surface area contributed by atoms with Gasteiger partial charge in [-0.15, -0.1) is 0 Å². The number of nitrogens with one attached hydrogen (secondary N) is 1. The number of carbonyl (C=O) groups is 3. The van der Waals surface area contributed by atoms with Crippen LogP contribution in [0.5, 0.6) is 0 Å². The summed E-state index contributed by atoms with van der Waals surface area (Å²) in [6.45, 7) is 2.48. The Morgan fingerprint density at radius 1 is 1.52 bits per heavy atom. The van der Waals surface area contributed by atoms with Crippen molar-refractivity contribution in [2.45, 2.75) is 44.6 Å². The summed E-state index contributed by atoms with van der Waals surface area (Å²) in [4.78, 5) is 35.2. The molecule has 2 heterocycles. The minimum absolute atomic E-state index is 0.0242. The van der Waals surface area contributed by atoms with E-state index in [9.17, 15) is 19.5 Å². The Bertz CT molecular complexity index is 534. The summed E-state index contributed by atoms with van der Waals surface area (Å²) >= 11 is 0. The Kier molecular flexibility index (Phi) is 4.88. The van der Waals surface area contributed by atoms with Crippen LogP contribution in [0, 0.1) is 0 Å². The number of amides is 2. The van der Waals surface area contributed by atoms with Crippen molar-refractivity contribution in [2.24, 2.45) is 5.73 Å². The minimum atomic E-state index is -1.96. The molecule has 23 heavy (non-hydrogen) atoms. The Hall–Kier alpha value is -2.17. The highest BCUT2D eigenvalue weighted by Gasteiger charge is 2.44. The molecule has 10 nitrogen and oxygen atoms in total. The van der Waals surface area contributed by atoms with Crippen molar-refractivity contribution in [1.82, 2.24) is 10.2 Å². The van der Waals surface area contributed by atoms with Crippen molar-refractivity contribution < 1.29 is 33.7 Å². The van der Waals surface area contributed by atoms with Gasteiger partial charge in [-0.25, -0.2) is 4.79 Å². The molecule has 2 rings (SSSR count). The number of carbonyl (C=O) groups excluding carboxylic acids is 3. The maximum Gasteiger partial charge on any atom is 0.327 e. The molecule has 0 aliphatic carbocycles. The highest BCUT2D eigenvalue weighted by Crippen LogP contribution is 2.28. The zero-order valence-corrected chi connectivity index (χ0v) is 12.7. The summed E-state index contributed by atoms with van der Waals surface area (Å²) < 4.78 is 15.7. The average Bonchev–Trinajstić information content (AvgIpc) is 2.77. The van der Waals surface area contributed by atoms with Gasteiger partial charge >= 0.3 is 18.0 Å². The van der Waals surface area contributed by atoms with E-state index in [2.05, 4.69) is 5.32 Å². The topological polar surface area (TPSA) is 140 Å². The van der Waals surface area contributed by atoms with Crippen LogP contribution in [0.4, 0.5) is 4.79 Å². The third-order valence-electron chi connectivity index (χ3n) is 3.24. The van der Waals surface area contributed by atoms with Gasteiger partial charge in [0.1, 0.15) is 12.7 Å². The number of ether oxygens (including phenoxy) is 3. The molecule has 10 heteroatoms. The normalized spacial score (nSPS) is 33.3. The molecule has 0 aromatic heterocycles. The molecule has 1 fully saturated rings. The molecule has 2 aliphatic rings. The zero-order valence-electron chi connectivity index (χ0n) is 12.7. The van der Waals surface area contributed by atoms with Crippen molar-refractivity contribution in [3.8, 4) is 0 Å². The molecule has 0 aromatic carbocycles. The smallest absolute Gasteiger partial charge is 0.327 e. The van der Waals surface area contributed by atoms with E-state index in [4.69, 9.17) is 19.9 Å². The Labute approximate surface area is 132 Å². The van der Waals surface area contributed by atoms with Gasteiger partial charge in [0.05, 0.1) is 6.10 Å². The van der Waals surface area contributed by atoms with Crippen molar-refractivity contribution in [2.75, 3.05) is 6.61 Å². The standard InChI is InChI=1S/C13H19N3O7/c1-7(17)21-6-9-5-10(22-8(2)18)11(23-9)16-4-3-13(14,20)15-12(16)19/h3-4,9-11,20H,5-6,14H2,1-2H3,(H,15,19)/t9-,10+,11+,13?/m0/s1.